The molecule has 0 aliphatic rings. The van der Waals surface area contributed by atoms with E-state index in [2.05, 4.69) is 10.6 Å². The Balaban J connectivity index is 2.46. The maximum Gasteiger partial charge on any atom is 0.312 e. The van der Waals surface area contributed by atoms with Crippen molar-refractivity contribution in [2.75, 3.05) is 13.2 Å². The van der Waals surface area contributed by atoms with Gasteiger partial charge in [-0.3, -0.25) is 4.79 Å². The van der Waals surface area contributed by atoms with Crippen LogP contribution in [0.5, 0.6) is 0 Å². The average Bonchev–Trinajstić information content (AvgIpc) is 2.43. The lowest BCUT2D eigenvalue weighted by atomic mass is 10.1. The van der Waals surface area contributed by atoms with Gasteiger partial charge < -0.3 is 21.5 Å². The van der Waals surface area contributed by atoms with E-state index in [1.54, 1.807) is 24.3 Å². The van der Waals surface area contributed by atoms with Gasteiger partial charge in [0.25, 0.3) is 5.91 Å². The molecule has 6 nitrogen and oxygen atoms in total. The van der Waals surface area contributed by atoms with Crippen molar-refractivity contribution in [3.05, 3.63) is 35.4 Å². The zero-order valence-corrected chi connectivity index (χ0v) is 11.6. The van der Waals surface area contributed by atoms with Gasteiger partial charge in [0, 0.05) is 25.3 Å². The zero-order valence-electron chi connectivity index (χ0n) is 11.6. The first kappa shape index (κ1) is 16.0. The third-order valence-corrected chi connectivity index (χ3v) is 2.92. The Bertz CT molecular complexity index is 445. The number of hydrogen-bond donors (Lipinski definition) is 4. The van der Waals surface area contributed by atoms with Crippen molar-refractivity contribution in [2.24, 2.45) is 11.7 Å². The van der Waals surface area contributed by atoms with Gasteiger partial charge in [0.2, 0.25) is 0 Å². The fourth-order valence-electron chi connectivity index (χ4n) is 1.65. The molecule has 0 aliphatic carbocycles. The lowest BCUT2D eigenvalue weighted by Crippen LogP contribution is -2.29. The second-order valence-corrected chi connectivity index (χ2v) is 4.74. The summed E-state index contributed by atoms with van der Waals surface area (Å²) in [5.41, 5.74) is 6.41. The van der Waals surface area contributed by atoms with E-state index in [1.807, 2.05) is 6.92 Å². The lowest BCUT2D eigenvalue weighted by molar-refractivity contribution is 0.0945. The van der Waals surface area contributed by atoms with Crippen LogP contribution in [0.1, 0.15) is 29.3 Å². The second-order valence-electron chi connectivity index (χ2n) is 4.74. The standard InChI is InChI=1S/C14H21N3O3/c1-10(6-7-18)8-16-13(19)12-4-2-11(3-5-12)9-17-14(15)20/h2-5,10,18H,6-9H2,1H3,(H,16,19)(H3,15,17,20). The Morgan fingerprint density at radius 3 is 2.45 bits per heavy atom. The summed E-state index contributed by atoms with van der Waals surface area (Å²) in [4.78, 5) is 22.4. The molecule has 1 atom stereocenters. The van der Waals surface area contributed by atoms with Crippen LogP contribution < -0.4 is 16.4 Å². The molecule has 0 heterocycles. The third-order valence-electron chi connectivity index (χ3n) is 2.92. The summed E-state index contributed by atoms with van der Waals surface area (Å²) in [7, 11) is 0. The SMILES string of the molecule is CC(CCO)CNC(=O)c1ccc(CNC(N)=O)cc1. The molecule has 0 radical (unpaired) electrons. The van der Waals surface area contributed by atoms with Crippen LogP contribution in [-0.4, -0.2) is 30.2 Å². The van der Waals surface area contributed by atoms with Crippen LogP contribution >= 0.6 is 0 Å². The zero-order chi connectivity index (χ0) is 15.0. The number of rotatable bonds is 7. The number of primary amides is 1. The first-order valence-corrected chi connectivity index (χ1v) is 6.54. The van der Waals surface area contributed by atoms with Gasteiger partial charge in [0.15, 0.2) is 0 Å². The van der Waals surface area contributed by atoms with Gasteiger partial charge in [-0.15, -0.1) is 0 Å². The van der Waals surface area contributed by atoms with Gasteiger partial charge in [-0.2, -0.15) is 0 Å². The largest absolute Gasteiger partial charge is 0.396 e. The average molecular weight is 279 g/mol. The highest BCUT2D eigenvalue weighted by Crippen LogP contribution is 2.05. The molecule has 1 unspecified atom stereocenters. The van der Waals surface area contributed by atoms with Gasteiger partial charge in [-0.1, -0.05) is 19.1 Å². The summed E-state index contributed by atoms with van der Waals surface area (Å²) in [5, 5.41) is 14.1. The van der Waals surface area contributed by atoms with Crippen LogP contribution in [0.15, 0.2) is 24.3 Å². The van der Waals surface area contributed by atoms with Crippen LogP contribution in [0.2, 0.25) is 0 Å². The third kappa shape index (κ3) is 5.71. The first-order valence-electron chi connectivity index (χ1n) is 6.54. The number of carbonyl (C=O) groups is 2. The number of urea groups is 1. The van der Waals surface area contributed by atoms with Crippen molar-refractivity contribution >= 4 is 11.9 Å². The molecule has 5 N–H and O–H groups in total. The fourth-order valence-corrected chi connectivity index (χ4v) is 1.65. The van der Waals surface area contributed by atoms with Gasteiger partial charge in [0.1, 0.15) is 0 Å². The highest BCUT2D eigenvalue weighted by Gasteiger charge is 2.07. The van der Waals surface area contributed by atoms with E-state index in [1.165, 1.54) is 0 Å². The van der Waals surface area contributed by atoms with Gasteiger partial charge in [-0.25, -0.2) is 4.79 Å². The smallest absolute Gasteiger partial charge is 0.312 e. The van der Waals surface area contributed by atoms with Gasteiger partial charge >= 0.3 is 6.03 Å². The quantitative estimate of drug-likeness (QED) is 0.587. The molecular formula is C14H21N3O3. The lowest BCUT2D eigenvalue weighted by Gasteiger charge is -2.11. The van der Waals surface area contributed by atoms with E-state index in [0.717, 1.165) is 5.56 Å². The molecule has 6 heteroatoms. The van der Waals surface area contributed by atoms with E-state index in [0.29, 0.717) is 25.1 Å². The number of aliphatic hydroxyl groups excluding tert-OH is 1. The Morgan fingerprint density at radius 2 is 1.90 bits per heavy atom. The van der Waals surface area contributed by atoms with Crippen molar-refractivity contribution in [3.63, 3.8) is 0 Å². The number of carbonyl (C=O) groups excluding carboxylic acids is 2. The van der Waals surface area contributed by atoms with Crippen molar-refractivity contribution in [1.29, 1.82) is 0 Å². The molecule has 110 valence electrons. The molecule has 0 saturated carbocycles. The van der Waals surface area contributed by atoms with E-state index in [4.69, 9.17) is 10.8 Å². The number of benzene rings is 1. The molecule has 3 amide bonds. The minimum absolute atomic E-state index is 0.124. The van der Waals surface area contributed by atoms with Crippen molar-refractivity contribution in [3.8, 4) is 0 Å². The molecule has 0 bridgehead atoms. The van der Waals surface area contributed by atoms with Crippen LogP contribution in [0.3, 0.4) is 0 Å². The Labute approximate surface area is 118 Å². The summed E-state index contributed by atoms with van der Waals surface area (Å²) in [6, 6.07) is 6.35. The summed E-state index contributed by atoms with van der Waals surface area (Å²) in [5.74, 6) is 0.0900. The Morgan fingerprint density at radius 1 is 1.25 bits per heavy atom. The molecule has 1 aromatic rings. The first-order chi connectivity index (χ1) is 9.52. The van der Waals surface area contributed by atoms with Crippen LogP contribution in [-0.2, 0) is 6.54 Å². The number of hydrogen-bond acceptors (Lipinski definition) is 3. The molecule has 1 aromatic carbocycles. The predicted octanol–water partition coefficient (Wildman–Crippen LogP) is 0.603. The molecule has 0 spiro atoms. The monoisotopic (exact) mass is 279 g/mol. The highest BCUT2D eigenvalue weighted by molar-refractivity contribution is 5.94. The van der Waals surface area contributed by atoms with E-state index >= 15 is 0 Å². The van der Waals surface area contributed by atoms with Crippen LogP contribution in [0, 0.1) is 5.92 Å². The highest BCUT2D eigenvalue weighted by atomic mass is 16.3. The second kappa shape index (κ2) is 8.16. The van der Waals surface area contributed by atoms with E-state index in [-0.39, 0.29) is 18.4 Å². The van der Waals surface area contributed by atoms with Crippen molar-refractivity contribution in [2.45, 2.75) is 19.9 Å². The Hall–Kier alpha value is -2.08. The number of amides is 3. The van der Waals surface area contributed by atoms with E-state index in [9.17, 15) is 9.59 Å². The number of nitrogens with two attached hydrogens (primary N) is 1. The molecule has 0 aliphatic heterocycles. The van der Waals surface area contributed by atoms with Crippen molar-refractivity contribution in [1.82, 2.24) is 10.6 Å². The molecular weight excluding hydrogens is 258 g/mol. The topological polar surface area (TPSA) is 104 Å². The maximum absolute atomic E-state index is 11.9. The maximum atomic E-state index is 11.9. The summed E-state index contributed by atoms with van der Waals surface area (Å²) < 4.78 is 0. The van der Waals surface area contributed by atoms with Crippen LogP contribution in [0.25, 0.3) is 0 Å². The molecule has 1 rings (SSSR count). The van der Waals surface area contributed by atoms with Gasteiger partial charge in [-0.05, 0) is 30.0 Å². The minimum Gasteiger partial charge on any atom is -0.396 e. The van der Waals surface area contributed by atoms with Crippen molar-refractivity contribution < 1.29 is 14.7 Å². The summed E-state index contributed by atoms with van der Waals surface area (Å²) >= 11 is 0. The molecule has 0 aromatic heterocycles. The summed E-state index contributed by atoms with van der Waals surface area (Å²) in [6.45, 7) is 2.96. The van der Waals surface area contributed by atoms with E-state index < -0.39 is 6.03 Å². The van der Waals surface area contributed by atoms with Gasteiger partial charge in [0.05, 0.1) is 0 Å². The molecule has 0 saturated heterocycles. The minimum atomic E-state index is -0.579. The number of nitrogens with one attached hydrogen (secondary N) is 2. The number of aliphatic hydroxyl groups is 1. The summed E-state index contributed by atoms with van der Waals surface area (Å²) in [6.07, 6.45) is 0.665. The molecule has 20 heavy (non-hydrogen) atoms. The normalized spacial score (nSPS) is 11.7. The fraction of sp³-hybridized carbons (Fsp3) is 0.429. The predicted molar refractivity (Wildman–Crippen MR) is 76.1 cm³/mol. The Kier molecular flexibility index (Phi) is 6.52. The molecule has 0 fully saturated rings. The van der Waals surface area contributed by atoms with Crippen LogP contribution in [0.4, 0.5) is 4.79 Å².